The van der Waals surface area contributed by atoms with Crippen molar-refractivity contribution in [1.82, 2.24) is 5.32 Å². The maximum atomic E-state index is 11.7. The highest BCUT2D eigenvalue weighted by Crippen LogP contribution is 2.20. The Labute approximate surface area is 77.1 Å². The lowest BCUT2D eigenvalue weighted by atomic mass is 9.85. The van der Waals surface area contributed by atoms with Gasteiger partial charge in [-0.2, -0.15) is 0 Å². The van der Waals surface area contributed by atoms with Crippen LogP contribution in [0.5, 0.6) is 0 Å². The highest BCUT2D eigenvalue weighted by molar-refractivity contribution is 5.95. The zero-order valence-corrected chi connectivity index (χ0v) is 7.62. The van der Waals surface area contributed by atoms with E-state index in [1.165, 1.54) is 0 Å². The van der Waals surface area contributed by atoms with Crippen LogP contribution in [-0.2, 0) is 0 Å². The van der Waals surface area contributed by atoms with E-state index in [0.717, 1.165) is 13.1 Å². The minimum Gasteiger partial charge on any atom is -0.461 e. The van der Waals surface area contributed by atoms with Crippen molar-refractivity contribution in [3.8, 4) is 0 Å². The molecule has 1 unspecified atom stereocenters. The number of ketones is 1. The van der Waals surface area contributed by atoms with E-state index in [0.29, 0.717) is 11.7 Å². The summed E-state index contributed by atoms with van der Waals surface area (Å²) in [6.45, 7) is 3.87. The van der Waals surface area contributed by atoms with Crippen molar-refractivity contribution in [2.75, 3.05) is 13.1 Å². The molecule has 0 aromatic carbocycles. The lowest BCUT2D eigenvalue weighted by molar-refractivity contribution is 0.0825. The van der Waals surface area contributed by atoms with E-state index in [1.54, 1.807) is 18.4 Å². The third-order valence-electron chi connectivity index (χ3n) is 2.70. The number of Topliss-reactive ketones (excluding diaryl/α,β-unsaturated/α-hetero) is 1. The molecule has 1 aromatic rings. The fourth-order valence-corrected chi connectivity index (χ4v) is 1.52. The highest BCUT2D eigenvalue weighted by atomic mass is 16.3. The normalized spacial score (nSPS) is 19.5. The quantitative estimate of drug-likeness (QED) is 0.711. The van der Waals surface area contributed by atoms with Crippen LogP contribution < -0.4 is 5.32 Å². The second-order valence-corrected chi connectivity index (χ2v) is 3.55. The van der Waals surface area contributed by atoms with Crippen LogP contribution in [0, 0.1) is 11.8 Å². The SMILES string of the molecule is CC(C(=O)c1ccco1)C1CNC1. The predicted molar refractivity (Wildman–Crippen MR) is 48.6 cm³/mol. The van der Waals surface area contributed by atoms with Crippen molar-refractivity contribution in [2.24, 2.45) is 11.8 Å². The molecule has 0 spiro atoms. The zero-order valence-electron chi connectivity index (χ0n) is 7.62. The van der Waals surface area contributed by atoms with Crippen LogP contribution in [0.25, 0.3) is 0 Å². The molecule has 1 saturated heterocycles. The van der Waals surface area contributed by atoms with E-state index in [4.69, 9.17) is 4.42 Å². The molecule has 0 aliphatic carbocycles. The number of furan rings is 1. The number of carbonyl (C=O) groups is 1. The Morgan fingerprint density at radius 2 is 2.46 bits per heavy atom. The van der Waals surface area contributed by atoms with Gasteiger partial charge in [-0.3, -0.25) is 4.79 Å². The molecular weight excluding hydrogens is 166 g/mol. The van der Waals surface area contributed by atoms with Gasteiger partial charge in [0.15, 0.2) is 5.76 Å². The van der Waals surface area contributed by atoms with E-state index in [9.17, 15) is 4.79 Å². The Balaban J connectivity index is 2.04. The first-order valence-electron chi connectivity index (χ1n) is 4.57. The number of hydrogen-bond acceptors (Lipinski definition) is 3. The molecule has 0 amide bonds. The van der Waals surface area contributed by atoms with Gasteiger partial charge in [0.2, 0.25) is 5.78 Å². The lowest BCUT2D eigenvalue weighted by Crippen LogP contribution is -2.47. The third-order valence-corrected chi connectivity index (χ3v) is 2.70. The van der Waals surface area contributed by atoms with Crippen molar-refractivity contribution < 1.29 is 9.21 Å². The van der Waals surface area contributed by atoms with Crippen LogP contribution in [0.1, 0.15) is 17.5 Å². The predicted octanol–water partition coefficient (Wildman–Crippen LogP) is 1.32. The minimum atomic E-state index is 0.0763. The number of carbonyl (C=O) groups excluding carboxylic acids is 1. The second kappa shape index (κ2) is 3.34. The molecule has 3 nitrogen and oxygen atoms in total. The van der Waals surface area contributed by atoms with Gasteiger partial charge in [-0.05, 0) is 31.1 Å². The van der Waals surface area contributed by atoms with Crippen molar-refractivity contribution >= 4 is 5.78 Å². The van der Waals surface area contributed by atoms with Crippen molar-refractivity contribution in [3.05, 3.63) is 24.2 Å². The van der Waals surface area contributed by atoms with E-state index < -0.39 is 0 Å². The highest BCUT2D eigenvalue weighted by Gasteiger charge is 2.30. The van der Waals surface area contributed by atoms with Gasteiger partial charge in [-0.15, -0.1) is 0 Å². The van der Waals surface area contributed by atoms with Gasteiger partial charge in [0.05, 0.1) is 6.26 Å². The summed E-state index contributed by atoms with van der Waals surface area (Å²) in [4.78, 5) is 11.7. The molecule has 2 rings (SSSR count). The van der Waals surface area contributed by atoms with Crippen LogP contribution in [0.3, 0.4) is 0 Å². The molecule has 1 aliphatic rings. The molecule has 13 heavy (non-hydrogen) atoms. The summed E-state index contributed by atoms with van der Waals surface area (Å²) in [5.74, 6) is 1.17. The molecule has 1 aliphatic heterocycles. The smallest absolute Gasteiger partial charge is 0.201 e. The second-order valence-electron chi connectivity index (χ2n) is 3.55. The van der Waals surface area contributed by atoms with Crippen molar-refractivity contribution in [2.45, 2.75) is 6.92 Å². The van der Waals surface area contributed by atoms with Crippen LogP contribution in [0.15, 0.2) is 22.8 Å². The van der Waals surface area contributed by atoms with Gasteiger partial charge >= 0.3 is 0 Å². The summed E-state index contributed by atoms with van der Waals surface area (Å²) >= 11 is 0. The van der Waals surface area contributed by atoms with Crippen LogP contribution in [0.2, 0.25) is 0 Å². The fourth-order valence-electron chi connectivity index (χ4n) is 1.52. The number of rotatable bonds is 3. The largest absolute Gasteiger partial charge is 0.461 e. The van der Waals surface area contributed by atoms with Crippen LogP contribution in [0.4, 0.5) is 0 Å². The third kappa shape index (κ3) is 1.52. The van der Waals surface area contributed by atoms with E-state index >= 15 is 0 Å². The van der Waals surface area contributed by atoms with Crippen molar-refractivity contribution in [1.29, 1.82) is 0 Å². The van der Waals surface area contributed by atoms with Gasteiger partial charge < -0.3 is 9.73 Å². The molecule has 1 fully saturated rings. The summed E-state index contributed by atoms with van der Waals surface area (Å²) < 4.78 is 5.07. The first-order chi connectivity index (χ1) is 6.29. The fraction of sp³-hybridized carbons (Fsp3) is 0.500. The molecule has 1 N–H and O–H groups in total. The monoisotopic (exact) mass is 179 g/mol. The van der Waals surface area contributed by atoms with E-state index in [1.807, 2.05) is 6.92 Å². The van der Waals surface area contributed by atoms with Crippen molar-refractivity contribution in [3.63, 3.8) is 0 Å². The van der Waals surface area contributed by atoms with Gasteiger partial charge in [-0.1, -0.05) is 6.92 Å². The lowest BCUT2D eigenvalue weighted by Gasteiger charge is -2.31. The standard InChI is InChI=1S/C10H13NO2/c1-7(8-5-11-6-8)10(12)9-3-2-4-13-9/h2-4,7-8,11H,5-6H2,1H3. The number of hydrogen-bond donors (Lipinski definition) is 1. The first-order valence-corrected chi connectivity index (χ1v) is 4.57. The molecule has 3 heteroatoms. The average molecular weight is 179 g/mol. The van der Waals surface area contributed by atoms with Crippen LogP contribution >= 0.6 is 0 Å². The Morgan fingerprint density at radius 1 is 1.69 bits per heavy atom. The van der Waals surface area contributed by atoms with Gasteiger partial charge in [0.25, 0.3) is 0 Å². The van der Waals surface area contributed by atoms with E-state index in [-0.39, 0.29) is 11.7 Å². The summed E-state index contributed by atoms with van der Waals surface area (Å²) in [6, 6.07) is 3.48. The van der Waals surface area contributed by atoms with Gasteiger partial charge in [0, 0.05) is 5.92 Å². The molecule has 2 heterocycles. The number of nitrogens with one attached hydrogen (secondary N) is 1. The topological polar surface area (TPSA) is 42.2 Å². The molecule has 70 valence electrons. The Bertz CT molecular complexity index is 288. The first kappa shape index (κ1) is 8.51. The average Bonchev–Trinajstić information content (AvgIpc) is 2.51. The Kier molecular flexibility index (Phi) is 2.19. The Morgan fingerprint density at radius 3 is 2.92 bits per heavy atom. The molecule has 1 atom stereocenters. The summed E-state index contributed by atoms with van der Waals surface area (Å²) in [7, 11) is 0. The molecule has 0 bridgehead atoms. The molecule has 0 radical (unpaired) electrons. The Hall–Kier alpha value is -1.09. The zero-order chi connectivity index (χ0) is 9.26. The van der Waals surface area contributed by atoms with Gasteiger partial charge in [-0.25, -0.2) is 0 Å². The molecule has 1 aromatic heterocycles. The maximum absolute atomic E-state index is 11.7. The summed E-state index contributed by atoms with van der Waals surface area (Å²) in [5.41, 5.74) is 0. The maximum Gasteiger partial charge on any atom is 0.201 e. The van der Waals surface area contributed by atoms with E-state index in [2.05, 4.69) is 5.32 Å². The summed E-state index contributed by atoms with van der Waals surface area (Å²) in [5, 5.41) is 3.16. The molecule has 0 saturated carbocycles. The van der Waals surface area contributed by atoms with Crippen LogP contribution in [-0.4, -0.2) is 18.9 Å². The summed E-state index contributed by atoms with van der Waals surface area (Å²) in [6.07, 6.45) is 1.54. The minimum absolute atomic E-state index is 0.0763. The van der Waals surface area contributed by atoms with Gasteiger partial charge in [0.1, 0.15) is 0 Å². The molecular formula is C10H13NO2.